The molecule has 98 valence electrons. The number of rotatable bonds is 4. The molecule has 0 aliphatic carbocycles. The van der Waals surface area contributed by atoms with Crippen LogP contribution in [0.1, 0.15) is 0 Å². The zero-order valence-electron chi connectivity index (χ0n) is 10.5. The Bertz CT molecular complexity index is 403. The fraction of sp³-hybridized carbons (Fsp3) is 0.462. The molecule has 0 bridgehead atoms. The first-order valence-corrected chi connectivity index (χ1v) is 6.05. The minimum Gasteiger partial charge on any atom is -0.482 e. The molecule has 1 saturated heterocycles. The predicted molar refractivity (Wildman–Crippen MR) is 69.0 cm³/mol. The van der Waals surface area contributed by atoms with Gasteiger partial charge in [0.05, 0.1) is 7.11 Å². The third-order valence-corrected chi connectivity index (χ3v) is 2.88. The molecule has 1 heterocycles. The van der Waals surface area contributed by atoms with Gasteiger partial charge in [-0.25, -0.2) is 4.79 Å². The first kappa shape index (κ1) is 12.7. The highest BCUT2D eigenvalue weighted by molar-refractivity contribution is 5.71. The SMILES string of the molecule is COC(=O)COc1cccc(N2CCNCC2)c1. The number of nitrogens with one attached hydrogen (secondary N) is 1. The number of piperazine rings is 1. The van der Waals surface area contributed by atoms with E-state index in [2.05, 4.69) is 21.0 Å². The molecule has 5 heteroatoms. The van der Waals surface area contributed by atoms with E-state index in [1.807, 2.05) is 18.2 Å². The van der Waals surface area contributed by atoms with Crippen LogP contribution in [-0.4, -0.2) is 45.9 Å². The van der Waals surface area contributed by atoms with Crippen molar-refractivity contribution in [1.29, 1.82) is 0 Å². The van der Waals surface area contributed by atoms with Gasteiger partial charge in [-0.1, -0.05) is 6.07 Å². The van der Waals surface area contributed by atoms with Crippen LogP contribution in [0.2, 0.25) is 0 Å². The summed E-state index contributed by atoms with van der Waals surface area (Å²) in [4.78, 5) is 13.3. The van der Waals surface area contributed by atoms with Crippen LogP contribution in [0.4, 0.5) is 5.69 Å². The lowest BCUT2D eigenvalue weighted by Crippen LogP contribution is -2.43. The van der Waals surface area contributed by atoms with Crippen LogP contribution in [0.5, 0.6) is 5.75 Å². The molecule has 0 atom stereocenters. The summed E-state index contributed by atoms with van der Waals surface area (Å²) in [6, 6.07) is 7.78. The van der Waals surface area contributed by atoms with Gasteiger partial charge in [-0.15, -0.1) is 0 Å². The molecule has 1 aliphatic rings. The van der Waals surface area contributed by atoms with Crippen LogP contribution in [0.25, 0.3) is 0 Å². The van der Waals surface area contributed by atoms with E-state index in [0.29, 0.717) is 5.75 Å². The third kappa shape index (κ3) is 3.37. The molecule has 0 saturated carbocycles. The topological polar surface area (TPSA) is 50.8 Å². The number of methoxy groups -OCH3 is 1. The summed E-state index contributed by atoms with van der Waals surface area (Å²) in [6.07, 6.45) is 0. The lowest BCUT2D eigenvalue weighted by atomic mass is 10.2. The number of hydrogen-bond donors (Lipinski definition) is 1. The van der Waals surface area contributed by atoms with E-state index in [-0.39, 0.29) is 12.6 Å². The summed E-state index contributed by atoms with van der Waals surface area (Å²) < 4.78 is 9.91. The fourth-order valence-corrected chi connectivity index (χ4v) is 1.89. The highest BCUT2D eigenvalue weighted by Crippen LogP contribution is 2.21. The molecular weight excluding hydrogens is 232 g/mol. The van der Waals surface area contributed by atoms with Crippen molar-refractivity contribution in [3.63, 3.8) is 0 Å². The summed E-state index contributed by atoms with van der Waals surface area (Å²) in [5.41, 5.74) is 1.12. The summed E-state index contributed by atoms with van der Waals surface area (Å²) >= 11 is 0. The van der Waals surface area contributed by atoms with Gasteiger partial charge in [0.1, 0.15) is 5.75 Å². The predicted octanol–water partition coefficient (Wildman–Crippen LogP) is 0.648. The molecule has 1 aromatic rings. The van der Waals surface area contributed by atoms with Crippen molar-refractivity contribution < 1.29 is 14.3 Å². The largest absolute Gasteiger partial charge is 0.482 e. The Kier molecular flexibility index (Phi) is 4.41. The normalized spacial score (nSPS) is 15.3. The van der Waals surface area contributed by atoms with Crippen LogP contribution in [0, 0.1) is 0 Å². The third-order valence-electron chi connectivity index (χ3n) is 2.88. The van der Waals surface area contributed by atoms with Gasteiger partial charge in [-0.2, -0.15) is 0 Å². The summed E-state index contributed by atoms with van der Waals surface area (Å²) in [5, 5.41) is 3.31. The number of ether oxygens (including phenoxy) is 2. The van der Waals surface area contributed by atoms with E-state index < -0.39 is 0 Å². The number of benzene rings is 1. The van der Waals surface area contributed by atoms with Gasteiger partial charge in [0.2, 0.25) is 0 Å². The molecule has 5 nitrogen and oxygen atoms in total. The van der Waals surface area contributed by atoms with Gasteiger partial charge in [0.25, 0.3) is 0 Å². The maximum atomic E-state index is 11.0. The van der Waals surface area contributed by atoms with Gasteiger partial charge in [-0.05, 0) is 12.1 Å². The molecule has 1 aromatic carbocycles. The number of esters is 1. The lowest BCUT2D eigenvalue weighted by Gasteiger charge is -2.29. The smallest absolute Gasteiger partial charge is 0.343 e. The van der Waals surface area contributed by atoms with Crippen molar-refractivity contribution in [2.24, 2.45) is 0 Å². The lowest BCUT2D eigenvalue weighted by molar-refractivity contribution is -0.142. The zero-order chi connectivity index (χ0) is 12.8. The summed E-state index contributed by atoms with van der Waals surface area (Å²) in [6.45, 7) is 3.91. The van der Waals surface area contributed by atoms with Gasteiger partial charge in [0.15, 0.2) is 6.61 Å². The first-order valence-electron chi connectivity index (χ1n) is 6.05. The van der Waals surface area contributed by atoms with Gasteiger partial charge in [0, 0.05) is 37.9 Å². The average Bonchev–Trinajstić information content (AvgIpc) is 2.46. The van der Waals surface area contributed by atoms with Crippen molar-refractivity contribution in [1.82, 2.24) is 5.32 Å². The van der Waals surface area contributed by atoms with Crippen molar-refractivity contribution in [2.45, 2.75) is 0 Å². The first-order chi connectivity index (χ1) is 8.79. The van der Waals surface area contributed by atoms with Crippen LogP contribution in [-0.2, 0) is 9.53 Å². The number of hydrogen-bond acceptors (Lipinski definition) is 5. The minimum absolute atomic E-state index is 0.0541. The van der Waals surface area contributed by atoms with E-state index in [1.165, 1.54) is 7.11 Å². The Morgan fingerprint density at radius 2 is 2.17 bits per heavy atom. The summed E-state index contributed by atoms with van der Waals surface area (Å²) in [5.74, 6) is 0.319. The van der Waals surface area contributed by atoms with E-state index in [9.17, 15) is 4.79 Å². The zero-order valence-corrected chi connectivity index (χ0v) is 10.5. The maximum absolute atomic E-state index is 11.0. The minimum atomic E-state index is -0.373. The van der Waals surface area contributed by atoms with E-state index in [4.69, 9.17) is 4.74 Å². The van der Waals surface area contributed by atoms with Gasteiger partial charge >= 0.3 is 5.97 Å². The van der Waals surface area contributed by atoms with Gasteiger partial charge < -0.3 is 19.7 Å². The number of carbonyl (C=O) groups is 1. The second kappa shape index (κ2) is 6.26. The highest BCUT2D eigenvalue weighted by atomic mass is 16.6. The molecule has 1 aliphatic heterocycles. The van der Waals surface area contributed by atoms with Crippen LogP contribution in [0.15, 0.2) is 24.3 Å². The Labute approximate surface area is 107 Å². The standard InChI is InChI=1S/C13H18N2O3/c1-17-13(16)10-18-12-4-2-3-11(9-12)15-7-5-14-6-8-15/h2-4,9,14H,5-8,10H2,1H3. The second-order valence-corrected chi connectivity index (χ2v) is 4.10. The average molecular weight is 250 g/mol. The molecule has 0 aromatic heterocycles. The van der Waals surface area contributed by atoms with Crippen LogP contribution in [0.3, 0.4) is 0 Å². The monoisotopic (exact) mass is 250 g/mol. The Balaban J connectivity index is 1.98. The quantitative estimate of drug-likeness (QED) is 0.795. The fourth-order valence-electron chi connectivity index (χ4n) is 1.89. The van der Waals surface area contributed by atoms with Crippen LogP contribution < -0.4 is 15.0 Å². The molecule has 0 amide bonds. The van der Waals surface area contributed by atoms with E-state index >= 15 is 0 Å². The van der Waals surface area contributed by atoms with Crippen molar-refractivity contribution in [3.8, 4) is 5.75 Å². The Morgan fingerprint density at radius 1 is 1.39 bits per heavy atom. The van der Waals surface area contributed by atoms with Crippen molar-refractivity contribution in [3.05, 3.63) is 24.3 Å². The van der Waals surface area contributed by atoms with E-state index in [0.717, 1.165) is 31.9 Å². The molecule has 0 radical (unpaired) electrons. The molecule has 2 rings (SSSR count). The van der Waals surface area contributed by atoms with E-state index in [1.54, 1.807) is 0 Å². The number of carbonyl (C=O) groups excluding carboxylic acids is 1. The van der Waals surface area contributed by atoms with Crippen LogP contribution >= 0.6 is 0 Å². The Morgan fingerprint density at radius 3 is 2.89 bits per heavy atom. The second-order valence-electron chi connectivity index (χ2n) is 4.10. The van der Waals surface area contributed by atoms with Crippen molar-refractivity contribution >= 4 is 11.7 Å². The number of nitrogens with zero attached hydrogens (tertiary/aromatic N) is 1. The highest BCUT2D eigenvalue weighted by Gasteiger charge is 2.11. The molecule has 0 unspecified atom stereocenters. The number of anilines is 1. The molecular formula is C13H18N2O3. The molecule has 0 spiro atoms. The molecule has 18 heavy (non-hydrogen) atoms. The molecule has 1 fully saturated rings. The summed E-state index contributed by atoms with van der Waals surface area (Å²) in [7, 11) is 1.35. The Hall–Kier alpha value is -1.75. The maximum Gasteiger partial charge on any atom is 0.343 e. The van der Waals surface area contributed by atoms with Gasteiger partial charge in [-0.3, -0.25) is 0 Å². The van der Waals surface area contributed by atoms with Crippen molar-refractivity contribution in [2.75, 3.05) is 44.8 Å². The molecule has 1 N–H and O–H groups in total.